The summed E-state index contributed by atoms with van der Waals surface area (Å²) in [7, 11) is 0. The van der Waals surface area contributed by atoms with E-state index in [2.05, 4.69) is 4.90 Å². The van der Waals surface area contributed by atoms with Gasteiger partial charge in [-0.3, -0.25) is 9.79 Å². The minimum Gasteiger partial charge on any atom is -0.318 e. The fourth-order valence-corrected chi connectivity index (χ4v) is 5.28. The molecule has 0 aromatic carbocycles. The Kier molecular flexibility index (Phi) is 2.59. The highest BCUT2D eigenvalue weighted by Crippen LogP contribution is 2.55. The molecule has 1 spiro atoms. The number of carbonyl (C=O) groups excluding carboxylic acids is 1. The number of carbonyl (C=O) groups is 1. The lowest BCUT2D eigenvalue weighted by Gasteiger charge is -2.52. The van der Waals surface area contributed by atoms with Crippen molar-refractivity contribution in [3.8, 4) is 0 Å². The van der Waals surface area contributed by atoms with Crippen molar-refractivity contribution in [2.75, 3.05) is 0 Å². The second-order valence-corrected chi connectivity index (χ2v) is 7.38. The zero-order valence-electron chi connectivity index (χ0n) is 13.0. The van der Waals surface area contributed by atoms with Crippen LogP contribution in [-0.4, -0.2) is 22.1 Å². The molecule has 0 aromatic heterocycles. The van der Waals surface area contributed by atoms with Crippen LogP contribution in [0.5, 0.6) is 0 Å². The molecule has 22 heavy (non-hydrogen) atoms. The monoisotopic (exact) mass is 294 g/mol. The van der Waals surface area contributed by atoms with E-state index in [4.69, 9.17) is 4.99 Å². The van der Waals surface area contributed by atoms with Gasteiger partial charge in [-0.2, -0.15) is 0 Å². The lowest BCUT2D eigenvalue weighted by atomic mass is 9.70. The molecule has 5 rings (SSSR count). The normalized spacial score (nSPS) is 36.3. The van der Waals surface area contributed by atoms with Crippen LogP contribution >= 0.6 is 0 Å². The molecule has 0 amide bonds. The maximum Gasteiger partial charge on any atom is 0.180 e. The predicted molar refractivity (Wildman–Crippen MR) is 86.3 cm³/mol. The Labute approximate surface area is 131 Å². The van der Waals surface area contributed by atoms with Crippen LogP contribution < -0.4 is 0 Å². The van der Waals surface area contributed by atoms with Gasteiger partial charge in [-0.15, -0.1) is 0 Å². The van der Waals surface area contributed by atoms with Gasteiger partial charge in [-0.05, 0) is 63.5 Å². The quantitative estimate of drug-likeness (QED) is 0.635. The first-order valence-electron chi connectivity index (χ1n) is 8.83. The Morgan fingerprint density at radius 1 is 1.14 bits per heavy atom. The summed E-state index contributed by atoms with van der Waals surface area (Å²) in [6.45, 7) is 0. The highest BCUT2D eigenvalue weighted by atomic mass is 16.1. The van der Waals surface area contributed by atoms with E-state index in [1.165, 1.54) is 57.1 Å². The first-order chi connectivity index (χ1) is 10.8. The molecule has 2 heterocycles. The summed E-state index contributed by atoms with van der Waals surface area (Å²) in [6, 6.07) is 0. The van der Waals surface area contributed by atoms with Crippen LogP contribution in [0.1, 0.15) is 57.8 Å². The van der Waals surface area contributed by atoms with Crippen LogP contribution in [0.4, 0.5) is 0 Å². The van der Waals surface area contributed by atoms with Gasteiger partial charge in [0.05, 0.1) is 11.4 Å². The van der Waals surface area contributed by atoms with Crippen molar-refractivity contribution in [2.45, 2.75) is 63.5 Å². The Morgan fingerprint density at radius 2 is 2.05 bits per heavy atom. The zero-order chi connectivity index (χ0) is 14.7. The summed E-state index contributed by atoms with van der Waals surface area (Å²) in [5.74, 6) is 0.752. The summed E-state index contributed by atoms with van der Waals surface area (Å²) in [6.07, 6.45) is 16.8. The van der Waals surface area contributed by atoms with E-state index in [1.54, 1.807) is 11.6 Å². The maximum absolute atomic E-state index is 11.9. The molecule has 1 saturated carbocycles. The molecule has 0 N–H and O–H groups in total. The van der Waals surface area contributed by atoms with E-state index < -0.39 is 0 Å². The first kappa shape index (κ1) is 12.9. The van der Waals surface area contributed by atoms with Gasteiger partial charge in [0, 0.05) is 17.7 Å². The molecular weight excluding hydrogens is 272 g/mol. The number of hydrogen-bond acceptors (Lipinski definition) is 3. The van der Waals surface area contributed by atoms with Crippen molar-refractivity contribution in [3.63, 3.8) is 0 Å². The Hall–Kier alpha value is -1.64. The van der Waals surface area contributed by atoms with Gasteiger partial charge in [0.15, 0.2) is 5.78 Å². The second kappa shape index (κ2) is 4.43. The summed E-state index contributed by atoms with van der Waals surface area (Å²) < 4.78 is 0. The Balaban J connectivity index is 1.71. The molecule has 0 radical (unpaired) electrons. The van der Waals surface area contributed by atoms with Gasteiger partial charge in [-0.1, -0.05) is 12.0 Å². The lowest BCUT2D eigenvalue weighted by molar-refractivity contribution is -0.110. The third-order valence-electron chi connectivity index (χ3n) is 6.20. The molecule has 0 aromatic rings. The Bertz CT molecular complexity index is 682. The average molecular weight is 294 g/mol. The highest BCUT2D eigenvalue weighted by molar-refractivity contribution is 6.20. The van der Waals surface area contributed by atoms with E-state index in [1.807, 2.05) is 12.2 Å². The lowest BCUT2D eigenvalue weighted by Crippen LogP contribution is -2.53. The standard InChI is InChI=1S/C19H22N2O/c22-15-8-9-16-18(12-15)21-17-7-2-1-5-13(17)11-14-6-3-4-10-19(14,21)20-16/h8-9,12,14H,1-7,10-11H2/t14-,19-/m1/s1. The summed E-state index contributed by atoms with van der Waals surface area (Å²) in [4.78, 5) is 19.7. The molecule has 5 aliphatic rings. The van der Waals surface area contributed by atoms with Gasteiger partial charge in [0.1, 0.15) is 5.66 Å². The molecule has 3 aliphatic carbocycles. The van der Waals surface area contributed by atoms with E-state index in [0.29, 0.717) is 5.92 Å². The van der Waals surface area contributed by atoms with E-state index >= 15 is 0 Å². The van der Waals surface area contributed by atoms with Crippen molar-refractivity contribution >= 4 is 11.5 Å². The minimum atomic E-state index is -0.0649. The van der Waals surface area contributed by atoms with Crippen LogP contribution in [0.25, 0.3) is 0 Å². The molecule has 3 nitrogen and oxygen atoms in total. The highest BCUT2D eigenvalue weighted by Gasteiger charge is 2.55. The van der Waals surface area contributed by atoms with Crippen molar-refractivity contribution in [1.82, 2.24) is 4.90 Å². The third-order valence-corrected chi connectivity index (χ3v) is 6.20. The van der Waals surface area contributed by atoms with E-state index in [-0.39, 0.29) is 11.4 Å². The fourth-order valence-electron chi connectivity index (χ4n) is 5.28. The number of allylic oxidation sites excluding steroid dienone is 5. The predicted octanol–water partition coefficient (Wildman–Crippen LogP) is 3.88. The molecule has 0 bridgehead atoms. The number of aliphatic imine (C=N–C) groups is 1. The van der Waals surface area contributed by atoms with Crippen LogP contribution in [0, 0.1) is 5.92 Å². The fraction of sp³-hybridized carbons (Fsp3) is 0.579. The van der Waals surface area contributed by atoms with Crippen molar-refractivity contribution in [1.29, 1.82) is 0 Å². The van der Waals surface area contributed by atoms with Crippen LogP contribution in [0.15, 0.2) is 40.2 Å². The van der Waals surface area contributed by atoms with E-state index in [9.17, 15) is 4.79 Å². The maximum atomic E-state index is 11.9. The van der Waals surface area contributed by atoms with Gasteiger partial charge < -0.3 is 4.90 Å². The molecule has 0 unspecified atom stereocenters. The van der Waals surface area contributed by atoms with Crippen molar-refractivity contribution in [2.24, 2.45) is 10.9 Å². The van der Waals surface area contributed by atoms with Crippen molar-refractivity contribution < 1.29 is 4.79 Å². The van der Waals surface area contributed by atoms with Gasteiger partial charge in [-0.25, -0.2) is 0 Å². The molecule has 2 atom stereocenters. The van der Waals surface area contributed by atoms with Gasteiger partial charge in [0.2, 0.25) is 0 Å². The second-order valence-electron chi connectivity index (χ2n) is 7.38. The third kappa shape index (κ3) is 1.57. The zero-order valence-corrected chi connectivity index (χ0v) is 13.0. The first-order valence-corrected chi connectivity index (χ1v) is 8.83. The van der Waals surface area contributed by atoms with Crippen LogP contribution in [0.3, 0.4) is 0 Å². The summed E-state index contributed by atoms with van der Waals surface area (Å²) in [5, 5.41) is 0. The molecular formula is C19H22N2O. The molecule has 2 aliphatic heterocycles. The summed E-state index contributed by atoms with van der Waals surface area (Å²) in [5.41, 5.74) is 5.25. The van der Waals surface area contributed by atoms with Gasteiger partial charge in [0.25, 0.3) is 0 Å². The molecule has 3 heteroatoms. The average Bonchev–Trinajstić information content (AvgIpc) is 2.86. The number of ketones is 1. The number of fused-ring (bicyclic) bond motifs is 3. The number of hydrogen-bond donors (Lipinski definition) is 0. The van der Waals surface area contributed by atoms with E-state index in [0.717, 1.165) is 17.8 Å². The Morgan fingerprint density at radius 3 is 3.00 bits per heavy atom. The van der Waals surface area contributed by atoms with Crippen molar-refractivity contribution in [3.05, 3.63) is 35.2 Å². The topological polar surface area (TPSA) is 32.7 Å². The molecule has 1 fully saturated rings. The van der Waals surface area contributed by atoms with Crippen LogP contribution in [0.2, 0.25) is 0 Å². The SMILES string of the molecule is O=C1C=CC2=N[C@@]34CCCC[C@@H]3CC3=C(CCCC3)N4C2=C1. The number of rotatable bonds is 0. The molecule has 114 valence electrons. The summed E-state index contributed by atoms with van der Waals surface area (Å²) >= 11 is 0. The number of nitrogens with zero attached hydrogens (tertiary/aromatic N) is 2. The van der Waals surface area contributed by atoms with Gasteiger partial charge >= 0.3 is 0 Å². The smallest absolute Gasteiger partial charge is 0.180 e. The van der Waals surface area contributed by atoms with Crippen LogP contribution in [-0.2, 0) is 4.79 Å². The minimum absolute atomic E-state index is 0.0649. The largest absolute Gasteiger partial charge is 0.318 e. The molecule has 0 saturated heterocycles.